The first-order valence-corrected chi connectivity index (χ1v) is 8.87. The highest BCUT2D eigenvalue weighted by molar-refractivity contribution is 9.10. The Hall–Kier alpha value is -1.11. The molecule has 1 fully saturated rings. The van der Waals surface area contributed by atoms with Crippen LogP contribution < -0.4 is 16.0 Å². The number of hydrogen-bond acceptors (Lipinski definition) is 3. The predicted molar refractivity (Wildman–Crippen MR) is 103 cm³/mol. The molecule has 1 saturated heterocycles. The molecule has 0 aliphatic carbocycles. The maximum absolute atomic E-state index is 11.9. The van der Waals surface area contributed by atoms with Gasteiger partial charge >= 0.3 is 0 Å². The number of aryl methyl sites for hydroxylation is 1. The smallest absolute Gasteiger partial charge is 0.226 e. The van der Waals surface area contributed by atoms with E-state index in [0.717, 1.165) is 41.7 Å². The van der Waals surface area contributed by atoms with Crippen LogP contribution >= 0.6 is 28.3 Å². The van der Waals surface area contributed by atoms with Gasteiger partial charge in [0.05, 0.1) is 0 Å². The third kappa shape index (κ3) is 7.20. The Morgan fingerprint density at radius 3 is 2.79 bits per heavy atom. The van der Waals surface area contributed by atoms with Crippen molar-refractivity contribution >= 4 is 45.8 Å². The van der Waals surface area contributed by atoms with Crippen LogP contribution in [-0.4, -0.2) is 31.4 Å². The summed E-state index contributed by atoms with van der Waals surface area (Å²) in [5, 5.41) is 8.99. The summed E-state index contributed by atoms with van der Waals surface area (Å²) in [6.45, 7) is 4.39. The number of carbonyl (C=O) groups is 2. The van der Waals surface area contributed by atoms with Crippen LogP contribution in [0.2, 0.25) is 0 Å². The fourth-order valence-corrected chi connectivity index (χ4v) is 3.00. The van der Waals surface area contributed by atoms with Crippen molar-refractivity contribution in [2.45, 2.75) is 32.6 Å². The van der Waals surface area contributed by atoms with E-state index in [1.807, 2.05) is 25.1 Å². The maximum atomic E-state index is 11.9. The lowest BCUT2D eigenvalue weighted by atomic mass is 10.0. The first-order chi connectivity index (χ1) is 11.0. The van der Waals surface area contributed by atoms with Crippen LogP contribution in [0.5, 0.6) is 0 Å². The average molecular weight is 419 g/mol. The molecule has 1 unspecified atom stereocenters. The van der Waals surface area contributed by atoms with Gasteiger partial charge < -0.3 is 16.0 Å². The molecule has 2 rings (SSSR count). The van der Waals surface area contributed by atoms with Crippen molar-refractivity contribution in [3.63, 3.8) is 0 Å². The van der Waals surface area contributed by atoms with E-state index in [2.05, 4.69) is 31.9 Å². The predicted octanol–water partition coefficient (Wildman–Crippen LogP) is 3.01. The highest BCUT2D eigenvalue weighted by atomic mass is 79.9. The highest BCUT2D eigenvalue weighted by Gasteiger charge is 2.15. The third-order valence-corrected chi connectivity index (χ3v) is 4.58. The largest absolute Gasteiger partial charge is 0.356 e. The zero-order chi connectivity index (χ0) is 16.7. The number of amides is 2. The SMILES string of the molecule is Cc1ccc(Br)cc1NC(=O)CCNC(=O)CCC1CCNC1.Cl. The lowest BCUT2D eigenvalue weighted by Crippen LogP contribution is -2.28. The molecule has 0 spiro atoms. The number of benzene rings is 1. The molecular weight excluding hydrogens is 394 g/mol. The van der Waals surface area contributed by atoms with Gasteiger partial charge in [-0.2, -0.15) is 0 Å². The average Bonchev–Trinajstić information content (AvgIpc) is 3.02. The fraction of sp³-hybridized carbons (Fsp3) is 0.529. The topological polar surface area (TPSA) is 70.2 Å². The lowest BCUT2D eigenvalue weighted by molar-refractivity contribution is -0.121. The minimum Gasteiger partial charge on any atom is -0.356 e. The number of rotatable bonds is 7. The molecule has 1 aromatic rings. The Labute approximate surface area is 157 Å². The standard InChI is InChI=1S/C17H24BrN3O2.ClH/c1-12-2-4-14(18)10-15(12)21-17(23)7-9-20-16(22)5-3-13-6-8-19-11-13;/h2,4,10,13,19H,3,5-9,11H2,1H3,(H,20,22)(H,21,23);1H. The molecule has 0 saturated carbocycles. The van der Waals surface area contributed by atoms with E-state index >= 15 is 0 Å². The summed E-state index contributed by atoms with van der Waals surface area (Å²) in [5.74, 6) is 0.554. The number of nitrogens with one attached hydrogen (secondary N) is 3. The first-order valence-electron chi connectivity index (χ1n) is 8.08. The summed E-state index contributed by atoms with van der Waals surface area (Å²) in [6.07, 6.45) is 2.89. The van der Waals surface area contributed by atoms with Gasteiger partial charge in [-0.05, 0) is 56.5 Å². The molecule has 3 N–H and O–H groups in total. The molecule has 1 atom stereocenters. The maximum Gasteiger partial charge on any atom is 0.226 e. The molecule has 7 heteroatoms. The van der Waals surface area contributed by atoms with Crippen molar-refractivity contribution in [1.29, 1.82) is 0 Å². The molecule has 2 amide bonds. The fourth-order valence-electron chi connectivity index (χ4n) is 2.64. The van der Waals surface area contributed by atoms with Crippen molar-refractivity contribution in [3.05, 3.63) is 28.2 Å². The van der Waals surface area contributed by atoms with Crippen LogP contribution in [0.25, 0.3) is 0 Å². The summed E-state index contributed by atoms with van der Waals surface area (Å²) in [4.78, 5) is 23.7. The Balaban J connectivity index is 0.00000288. The summed E-state index contributed by atoms with van der Waals surface area (Å²) in [6, 6.07) is 5.76. The van der Waals surface area contributed by atoms with Crippen LogP contribution in [0.3, 0.4) is 0 Å². The molecule has 1 heterocycles. The highest BCUT2D eigenvalue weighted by Crippen LogP contribution is 2.20. The summed E-state index contributed by atoms with van der Waals surface area (Å²) in [7, 11) is 0. The molecule has 1 aliphatic rings. The molecule has 1 aliphatic heterocycles. The summed E-state index contributed by atoms with van der Waals surface area (Å²) in [5.41, 5.74) is 1.81. The van der Waals surface area contributed by atoms with E-state index in [-0.39, 0.29) is 30.6 Å². The number of anilines is 1. The minimum absolute atomic E-state index is 0. The van der Waals surface area contributed by atoms with Gasteiger partial charge in [0.1, 0.15) is 0 Å². The van der Waals surface area contributed by atoms with Gasteiger partial charge in [-0.1, -0.05) is 22.0 Å². The van der Waals surface area contributed by atoms with E-state index in [0.29, 0.717) is 18.9 Å². The molecule has 0 aromatic heterocycles. The van der Waals surface area contributed by atoms with Gasteiger partial charge in [-0.25, -0.2) is 0 Å². The van der Waals surface area contributed by atoms with Gasteiger partial charge in [-0.3, -0.25) is 9.59 Å². The molecule has 1 aromatic carbocycles. The van der Waals surface area contributed by atoms with Crippen molar-refractivity contribution in [2.24, 2.45) is 5.92 Å². The molecule has 24 heavy (non-hydrogen) atoms. The summed E-state index contributed by atoms with van der Waals surface area (Å²) >= 11 is 3.39. The molecule has 0 bridgehead atoms. The van der Waals surface area contributed by atoms with Crippen molar-refractivity contribution in [1.82, 2.24) is 10.6 Å². The van der Waals surface area contributed by atoms with Crippen LogP contribution in [0.15, 0.2) is 22.7 Å². The van der Waals surface area contributed by atoms with Crippen LogP contribution in [0, 0.1) is 12.8 Å². The van der Waals surface area contributed by atoms with E-state index in [9.17, 15) is 9.59 Å². The van der Waals surface area contributed by atoms with Crippen LogP contribution in [-0.2, 0) is 9.59 Å². The van der Waals surface area contributed by atoms with E-state index in [1.165, 1.54) is 0 Å². The van der Waals surface area contributed by atoms with E-state index in [4.69, 9.17) is 0 Å². The molecular formula is C17H25BrClN3O2. The zero-order valence-electron chi connectivity index (χ0n) is 13.9. The van der Waals surface area contributed by atoms with Gasteiger partial charge in [0.15, 0.2) is 0 Å². The van der Waals surface area contributed by atoms with Crippen molar-refractivity contribution < 1.29 is 9.59 Å². The Kier molecular flexibility index (Phi) is 9.33. The first kappa shape index (κ1) is 20.9. The van der Waals surface area contributed by atoms with Crippen molar-refractivity contribution in [3.8, 4) is 0 Å². The second kappa shape index (κ2) is 10.7. The van der Waals surface area contributed by atoms with Gasteiger partial charge in [0.2, 0.25) is 11.8 Å². The minimum atomic E-state index is -0.0912. The Morgan fingerprint density at radius 1 is 1.29 bits per heavy atom. The van der Waals surface area contributed by atoms with Crippen LogP contribution in [0.4, 0.5) is 5.69 Å². The second-order valence-corrected chi connectivity index (χ2v) is 6.92. The molecule has 134 valence electrons. The number of halogens is 2. The lowest BCUT2D eigenvalue weighted by Gasteiger charge is -2.10. The zero-order valence-corrected chi connectivity index (χ0v) is 16.3. The van der Waals surface area contributed by atoms with Gasteiger partial charge in [-0.15, -0.1) is 12.4 Å². The van der Waals surface area contributed by atoms with Crippen molar-refractivity contribution in [2.75, 3.05) is 25.0 Å². The van der Waals surface area contributed by atoms with E-state index < -0.39 is 0 Å². The summed E-state index contributed by atoms with van der Waals surface area (Å²) < 4.78 is 0.924. The van der Waals surface area contributed by atoms with E-state index in [1.54, 1.807) is 0 Å². The second-order valence-electron chi connectivity index (χ2n) is 6.00. The normalized spacial score (nSPS) is 16.3. The Bertz CT molecular complexity index is 563. The number of carbonyl (C=O) groups excluding carboxylic acids is 2. The van der Waals surface area contributed by atoms with Gasteiger partial charge in [0.25, 0.3) is 0 Å². The quantitative estimate of drug-likeness (QED) is 0.637. The third-order valence-electron chi connectivity index (χ3n) is 4.09. The monoisotopic (exact) mass is 417 g/mol. The Morgan fingerprint density at radius 2 is 2.08 bits per heavy atom. The molecule has 0 radical (unpaired) electrons. The van der Waals surface area contributed by atoms with Crippen LogP contribution in [0.1, 0.15) is 31.2 Å². The number of hydrogen-bond donors (Lipinski definition) is 3. The van der Waals surface area contributed by atoms with Gasteiger partial charge in [0, 0.05) is 29.5 Å². The molecule has 5 nitrogen and oxygen atoms in total.